The second-order valence-electron chi connectivity index (χ2n) is 5.81. The first-order chi connectivity index (χ1) is 11.8. The Bertz CT molecular complexity index is 803. The van der Waals surface area contributed by atoms with Gasteiger partial charge in [0.1, 0.15) is 5.75 Å². The van der Waals surface area contributed by atoms with Gasteiger partial charge >= 0.3 is 5.51 Å². The van der Waals surface area contributed by atoms with Gasteiger partial charge in [-0.3, -0.25) is 4.79 Å². The third-order valence-corrected chi connectivity index (χ3v) is 5.15. The number of ether oxygens (including phenoxy) is 1. The number of Topliss-reactive ketones (excluding diaryl/α,β-unsaturated/α-hetero) is 1. The Labute approximate surface area is 152 Å². The molecule has 7 heteroatoms. The number of methoxy groups -OCH3 is 1. The van der Waals surface area contributed by atoms with Crippen molar-refractivity contribution in [1.29, 1.82) is 0 Å². The molecule has 0 heterocycles. The SMILES string of the molecule is COc1cc2c(cc1Cl)CC(Cc1ccc(SC(F)(F)F)cc1)C2=O. The molecule has 0 bridgehead atoms. The van der Waals surface area contributed by atoms with Gasteiger partial charge in [0, 0.05) is 16.4 Å². The number of carbonyl (C=O) groups excluding carboxylic acids is 1. The summed E-state index contributed by atoms with van der Waals surface area (Å²) in [5, 5.41) is 0.461. The Morgan fingerprint density at radius 2 is 1.92 bits per heavy atom. The van der Waals surface area contributed by atoms with E-state index in [0.717, 1.165) is 11.1 Å². The summed E-state index contributed by atoms with van der Waals surface area (Å²) < 4.78 is 42.2. The molecule has 0 aromatic heterocycles. The predicted molar refractivity (Wildman–Crippen MR) is 91.6 cm³/mol. The van der Waals surface area contributed by atoms with Crippen molar-refractivity contribution >= 4 is 29.1 Å². The van der Waals surface area contributed by atoms with E-state index in [2.05, 4.69) is 0 Å². The topological polar surface area (TPSA) is 26.3 Å². The van der Waals surface area contributed by atoms with Gasteiger partial charge in [-0.2, -0.15) is 13.2 Å². The molecule has 1 unspecified atom stereocenters. The second kappa shape index (κ2) is 6.92. The zero-order valence-corrected chi connectivity index (χ0v) is 14.8. The predicted octanol–water partition coefficient (Wildman–Crippen LogP) is 5.56. The molecule has 0 saturated heterocycles. The van der Waals surface area contributed by atoms with E-state index in [0.29, 0.717) is 29.2 Å². The number of rotatable bonds is 4. The number of alkyl halides is 3. The van der Waals surface area contributed by atoms with Crippen LogP contribution in [0.25, 0.3) is 0 Å². The third-order valence-electron chi connectivity index (χ3n) is 4.12. The highest BCUT2D eigenvalue weighted by molar-refractivity contribution is 8.00. The van der Waals surface area contributed by atoms with Crippen molar-refractivity contribution in [3.8, 4) is 5.75 Å². The van der Waals surface area contributed by atoms with Crippen LogP contribution in [0, 0.1) is 5.92 Å². The number of thioether (sulfide) groups is 1. The van der Waals surface area contributed by atoms with Gasteiger partial charge < -0.3 is 4.74 Å². The molecule has 1 atom stereocenters. The summed E-state index contributed by atoms with van der Waals surface area (Å²) in [5.74, 6) is 0.237. The molecule has 132 valence electrons. The molecule has 0 fully saturated rings. The quantitative estimate of drug-likeness (QED) is 0.643. The molecule has 0 spiro atoms. The van der Waals surface area contributed by atoms with Crippen molar-refractivity contribution in [2.45, 2.75) is 23.2 Å². The molecule has 1 aliphatic rings. The molecule has 0 N–H and O–H groups in total. The summed E-state index contributed by atoms with van der Waals surface area (Å²) in [7, 11) is 1.49. The molecule has 25 heavy (non-hydrogen) atoms. The third kappa shape index (κ3) is 4.12. The average molecular weight is 387 g/mol. The van der Waals surface area contributed by atoms with E-state index in [1.807, 2.05) is 0 Å². The lowest BCUT2D eigenvalue weighted by molar-refractivity contribution is -0.0328. The molecular formula is C18H14ClF3O2S. The molecular weight excluding hydrogens is 373 g/mol. The summed E-state index contributed by atoms with van der Waals surface area (Å²) in [6.07, 6.45) is 1.04. The fourth-order valence-corrected chi connectivity index (χ4v) is 3.81. The Morgan fingerprint density at radius 3 is 2.52 bits per heavy atom. The first-order valence-corrected chi connectivity index (χ1v) is 8.71. The minimum absolute atomic E-state index is 0.0127. The Balaban J connectivity index is 1.73. The smallest absolute Gasteiger partial charge is 0.446 e. The lowest BCUT2D eigenvalue weighted by Gasteiger charge is -2.09. The highest BCUT2D eigenvalue weighted by Gasteiger charge is 2.32. The Morgan fingerprint density at radius 1 is 1.24 bits per heavy atom. The van der Waals surface area contributed by atoms with Gasteiger partial charge in [0.05, 0.1) is 12.1 Å². The first-order valence-electron chi connectivity index (χ1n) is 7.52. The summed E-state index contributed by atoms with van der Waals surface area (Å²) in [6, 6.07) is 9.54. The summed E-state index contributed by atoms with van der Waals surface area (Å²) >= 11 is 5.96. The van der Waals surface area contributed by atoms with Crippen LogP contribution in [0.15, 0.2) is 41.3 Å². The normalized spacial score (nSPS) is 16.8. The van der Waals surface area contributed by atoms with Crippen LogP contribution in [0.1, 0.15) is 21.5 Å². The molecule has 0 aliphatic heterocycles. The first kappa shape index (κ1) is 18.1. The van der Waals surface area contributed by atoms with E-state index >= 15 is 0 Å². The van der Waals surface area contributed by atoms with Crippen LogP contribution < -0.4 is 4.74 Å². The van der Waals surface area contributed by atoms with Crippen molar-refractivity contribution < 1.29 is 22.7 Å². The molecule has 2 aromatic carbocycles. The minimum atomic E-state index is -4.30. The van der Waals surface area contributed by atoms with E-state index in [4.69, 9.17) is 16.3 Å². The largest absolute Gasteiger partial charge is 0.495 e. The Kier molecular flexibility index (Phi) is 5.02. The Hall–Kier alpha value is -1.66. The lowest BCUT2D eigenvalue weighted by atomic mass is 9.96. The second-order valence-corrected chi connectivity index (χ2v) is 7.35. The molecule has 2 nitrogen and oxygen atoms in total. The molecule has 0 radical (unpaired) electrons. The highest BCUT2D eigenvalue weighted by atomic mass is 35.5. The van der Waals surface area contributed by atoms with E-state index < -0.39 is 5.51 Å². The van der Waals surface area contributed by atoms with E-state index in [1.165, 1.54) is 19.2 Å². The van der Waals surface area contributed by atoms with Crippen molar-refractivity contribution in [3.63, 3.8) is 0 Å². The number of carbonyl (C=O) groups is 1. The van der Waals surface area contributed by atoms with Gasteiger partial charge in [0.2, 0.25) is 0 Å². The molecule has 2 aromatic rings. The number of hydrogen-bond donors (Lipinski definition) is 0. The van der Waals surface area contributed by atoms with Gasteiger partial charge in [0.25, 0.3) is 0 Å². The van der Waals surface area contributed by atoms with Crippen molar-refractivity contribution in [2.24, 2.45) is 5.92 Å². The summed E-state index contributed by atoms with van der Waals surface area (Å²) in [6.45, 7) is 0. The monoisotopic (exact) mass is 386 g/mol. The van der Waals surface area contributed by atoms with Crippen LogP contribution in [-0.2, 0) is 12.8 Å². The molecule has 0 amide bonds. The number of halogens is 4. The average Bonchev–Trinajstić information content (AvgIpc) is 2.82. The maximum atomic E-state index is 12.6. The molecule has 1 aliphatic carbocycles. The number of ketones is 1. The van der Waals surface area contributed by atoms with Gasteiger partial charge in [-0.15, -0.1) is 0 Å². The van der Waals surface area contributed by atoms with Gasteiger partial charge in [-0.1, -0.05) is 23.7 Å². The van der Waals surface area contributed by atoms with E-state index in [-0.39, 0.29) is 28.4 Å². The van der Waals surface area contributed by atoms with Crippen molar-refractivity contribution in [1.82, 2.24) is 0 Å². The molecule has 3 rings (SSSR count). The standard InChI is InChI=1S/C18H14ClF3O2S/c1-24-16-9-14-11(8-15(16)19)7-12(17(14)23)6-10-2-4-13(5-3-10)25-18(20,21)22/h2-5,8-9,12H,6-7H2,1H3. The fraction of sp³-hybridized carbons (Fsp3) is 0.278. The number of hydrogen-bond acceptors (Lipinski definition) is 3. The van der Waals surface area contributed by atoms with Crippen molar-refractivity contribution in [3.05, 3.63) is 58.1 Å². The number of fused-ring (bicyclic) bond motifs is 1. The highest BCUT2D eigenvalue weighted by Crippen LogP contribution is 2.38. The maximum Gasteiger partial charge on any atom is 0.446 e. The van der Waals surface area contributed by atoms with Gasteiger partial charge in [-0.25, -0.2) is 0 Å². The maximum absolute atomic E-state index is 12.6. The van der Waals surface area contributed by atoms with E-state index in [9.17, 15) is 18.0 Å². The minimum Gasteiger partial charge on any atom is -0.495 e. The number of benzene rings is 2. The summed E-state index contributed by atoms with van der Waals surface area (Å²) in [4.78, 5) is 12.7. The van der Waals surface area contributed by atoms with Crippen LogP contribution in [0.3, 0.4) is 0 Å². The summed E-state index contributed by atoms with van der Waals surface area (Å²) in [5.41, 5.74) is -1.99. The van der Waals surface area contributed by atoms with Crippen LogP contribution in [0.2, 0.25) is 5.02 Å². The van der Waals surface area contributed by atoms with Crippen LogP contribution in [-0.4, -0.2) is 18.4 Å². The van der Waals surface area contributed by atoms with Crippen LogP contribution >= 0.6 is 23.4 Å². The zero-order chi connectivity index (χ0) is 18.2. The fourth-order valence-electron chi connectivity index (χ4n) is 3.00. The van der Waals surface area contributed by atoms with Gasteiger partial charge in [-0.05, 0) is 60.0 Å². The van der Waals surface area contributed by atoms with Crippen LogP contribution in [0.4, 0.5) is 13.2 Å². The van der Waals surface area contributed by atoms with Crippen molar-refractivity contribution in [2.75, 3.05) is 7.11 Å². The van der Waals surface area contributed by atoms with E-state index in [1.54, 1.807) is 24.3 Å². The van der Waals surface area contributed by atoms with Crippen LogP contribution in [0.5, 0.6) is 5.75 Å². The lowest BCUT2D eigenvalue weighted by Crippen LogP contribution is -2.12. The zero-order valence-electron chi connectivity index (χ0n) is 13.2. The molecule has 0 saturated carbocycles. The van der Waals surface area contributed by atoms with Gasteiger partial charge in [0.15, 0.2) is 5.78 Å².